The first-order chi connectivity index (χ1) is 6.22. The second kappa shape index (κ2) is 5.17. The number of nitrogens with zero attached hydrogens (tertiary/aromatic N) is 1. The maximum atomic E-state index is 12.0. The number of ether oxygens (including phenoxy) is 1. The van der Waals surface area contributed by atoms with Gasteiger partial charge in [-0.3, -0.25) is 4.79 Å². The highest BCUT2D eigenvalue weighted by atomic mass is 18.2. The van der Waals surface area contributed by atoms with Gasteiger partial charge >= 0.3 is 5.97 Å². The monoisotopic (exact) mass is 188 g/mol. The molecule has 1 rings (SSSR count). The Kier molecular flexibility index (Phi) is 4.15. The molecule has 0 saturated carbocycles. The zero-order chi connectivity index (χ0) is 9.68. The van der Waals surface area contributed by atoms with Crippen LogP contribution in [-0.2, 0) is 9.53 Å². The molecule has 0 aromatic carbocycles. The molecule has 4 heteroatoms. The number of alkyl halides is 1. The predicted molar refractivity (Wildman–Crippen MR) is 47.2 cm³/mol. The zero-order valence-corrected chi connectivity index (χ0v) is 7.96. The topological polar surface area (TPSA) is 29.5 Å². The molecule has 1 aliphatic rings. The number of hydrogen-bond donors (Lipinski definition) is 0. The van der Waals surface area contributed by atoms with E-state index in [0.29, 0.717) is 6.54 Å². The van der Waals surface area contributed by atoms with E-state index < -0.39 is 0 Å². The molecule has 13 heavy (non-hydrogen) atoms. The second-order valence-corrected chi connectivity index (χ2v) is 3.34. The summed E-state index contributed by atoms with van der Waals surface area (Å²) in [6.07, 6.45) is 1.72. The average Bonchev–Trinajstić information content (AvgIpc) is 2.08. The van der Waals surface area contributed by atoms with E-state index in [-0.39, 0.29) is 18.7 Å². The highest BCUT2D eigenvalue weighted by molar-refractivity contribution is 5.66. The Hall–Kier alpha value is -0.640. The van der Waals surface area contributed by atoms with Crippen molar-refractivity contribution >= 4 is 5.97 Å². The van der Waals surface area contributed by atoms with Gasteiger partial charge in [-0.25, -0.2) is 4.39 Å². The number of esters is 1. The van der Waals surface area contributed by atoms with Crippen LogP contribution in [0, 0.1) is 0 Å². The lowest BCUT2D eigenvalue weighted by Crippen LogP contribution is -2.38. The van der Waals surface area contributed by atoms with Gasteiger partial charge in [0, 0.05) is 26.6 Å². The molecule has 1 aliphatic heterocycles. The number of hydrogen-bond acceptors (Lipinski definition) is 3. The summed E-state index contributed by atoms with van der Waals surface area (Å²) < 4.78 is 17.0. The average molecular weight is 188 g/mol. The Balaban J connectivity index is 2.18. The van der Waals surface area contributed by atoms with Gasteiger partial charge in [-0.05, 0) is 12.8 Å². The van der Waals surface area contributed by atoms with Gasteiger partial charge in [0.05, 0.1) is 0 Å². The maximum absolute atomic E-state index is 12.0. The molecule has 0 aromatic heterocycles. The first-order valence-electron chi connectivity index (χ1n) is 4.68. The van der Waals surface area contributed by atoms with Gasteiger partial charge in [0.25, 0.3) is 0 Å². The largest absolute Gasteiger partial charge is 0.462 e. The van der Waals surface area contributed by atoms with E-state index in [2.05, 4.69) is 4.90 Å². The van der Waals surface area contributed by atoms with Crippen LogP contribution in [0.5, 0.6) is 0 Å². The lowest BCUT2D eigenvalue weighted by molar-refractivity contribution is -0.148. The van der Waals surface area contributed by atoms with Gasteiger partial charge in [-0.15, -0.1) is 0 Å². The molecule has 0 N–H and O–H groups in total. The Morgan fingerprint density at radius 3 is 2.62 bits per heavy atom. The first-order valence-corrected chi connectivity index (χ1v) is 4.68. The molecule has 0 amide bonds. The first kappa shape index (κ1) is 10.4. The standard InChI is InChI=1S/C9H16FNO2/c1-8(12)13-9-2-5-11(6-3-9)7-4-10/h9H,2-7H2,1H3/i10-1. The SMILES string of the molecule is CC(=O)OC1CCN(CC[18F])CC1. The minimum absolute atomic E-state index is 0.0494. The molecule has 0 unspecified atom stereocenters. The fraction of sp³-hybridized carbons (Fsp3) is 0.889. The summed E-state index contributed by atoms with van der Waals surface area (Å²) in [7, 11) is 0. The summed E-state index contributed by atoms with van der Waals surface area (Å²) in [5, 5.41) is 0. The van der Waals surface area contributed by atoms with Crippen LogP contribution in [-0.4, -0.2) is 43.3 Å². The number of carbonyl (C=O) groups is 1. The molecule has 1 heterocycles. The molecule has 0 spiro atoms. The number of piperidine rings is 1. The third kappa shape index (κ3) is 3.72. The molecule has 0 atom stereocenters. The minimum atomic E-state index is -0.293. The van der Waals surface area contributed by atoms with Crippen molar-refractivity contribution in [2.75, 3.05) is 26.3 Å². The molecule has 0 aromatic rings. The fourth-order valence-electron chi connectivity index (χ4n) is 1.60. The summed E-state index contributed by atoms with van der Waals surface area (Å²) >= 11 is 0. The van der Waals surface area contributed by atoms with E-state index in [4.69, 9.17) is 4.74 Å². The number of likely N-dealkylation sites (tertiary alicyclic amines) is 1. The van der Waals surface area contributed by atoms with E-state index >= 15 is 0 Å². The number of halogens is 1. The molecular formula is C9H16FNO2. The van der Waals surface area contributed by atoms with Crippen LogP contribution in [0.1, 0.15) is 19.8 Å². The molecule has 0 aliphatic carbocycles. The van der Waals surface area contributed by atoms with Gasteiger partial charge < -0.3 is 9.64 Å². The highest BCUT2D eigenvalue weighted by Crippen LogP contribution is 2.13. The van der Waals surface area contributed by atoms with Crippen LogP contribution in [0.15, 0.2) is 0 Å². The molecule has 76 valence electrons. The van der Waals surface area contributed by atoms with E-state index in [1.807, 2.05) is 0 Å². The van der Waals surface area contributed by atoms with E-state index in [1.54, 1.807) is 0 Å². The Labute approximate surface area is 77.9 Å². The van der Waals surface area contributed by atoms with E-state index in [0.717, 1.165) is 25.9 Å². The van der Waals surface area contributed by atoms with Crippen molar-refractivity contribution in [2.45, 2.75) is 25.9 Å². The third-order valence-corrected chi connectivity index (χ3v) is 2.27. The quantitative estimate of drug-likeness (QED) is 0.618. The summed E-state index contributed by atoms with van der Waals surface area (Å²) in [5.74, 6) is -0.219. The Morgan fingerprint density at radius 1 is 1.54 bits per heavy atom. The van der Waals surface area contributed by atoms with Crippen LogP contribution in [0.3, 0.4) is 0 Å². The highest BCUT2D eigenvalue weighted by Gasteiger charge is 2.20. The Bertz CT molecular complexity index is 167. The van der Waals surface area contributed by atoms with Gasteiger partial charge in [0.2, 0.25) is 0 Å². The second-order valence-electron chi connectivity index (χ2n) is 3.34. The third-order valence-electron chi connectivity index (χ3n) is 2.27. The smallest absolute Gasteiger partial charge is 0.302 e. The van der Waals surface area contributed by atoms with Gasteiger partial charge in [-0.1, -0.05) is 0 Å². The van der Waals surface area contributed by atoms with Crippen LogP contribution in [0.2, 0.25) is 0 Å². The van der Waals surface area contributed by atoms with Crippen LogP contribution in [0.25, 0.3) is 0 Å². The number of rotatable bonds is 3. The summed E-state index contributed by atoms with van der Waals surface area (Å²) in [5.41, 5.74) is 0. The molecule has 3 nitrogen and oxygen atoms in total. The van der Waals surface area contributed by atoms with Crippen molar-refractivity contribution in [3.05, 3.63) is 0 Å². The zero-order valence-electron chi connectivity index (χ0n) is 7.96. The summed E-state index contributed by atoms with van der Waals surface area (Å²) in [4.78, 5) is 12.7. The fourth-order valence-corrected chi connectivity index (χ4v) is 1.60. The van der Waals surface area contributed by atoms with Crippen molar-refractivity contribution in [3.8, 4) is 0 Å². The lowest BCUT2D eigenvalue weighted by Gasteiger charge is -2.30. The van der Waals surface area contributed by atoms with E-state index in [9.17, 15) is 9.18 Å². The van der Waals surface area contributed by atoms with Crippen molar-refractivity contribution in [1.82, 2.24) is 4.90 Å². The Morgan fingerprint density at radius 2 is 2.15 bits per heavy atom. The summed E-state index contributed by atoms with van der Waals surface area (Å²) in [6.45, 7) is 3.31. The van der Waals surface area contributed by atoms with Crippen molar-refractivity contribution in [2.24, 2.45) is 0 Å². The number of carbonyl (C=O) groups excluding carboxylic acids is 1. The molecular weight excluding hydrogens is 172 g/mol. The van der Waals surface area contributed by atoms with Crippen LogP contribution >= 0.6 is 0 Å². The minimum Gasteiger partial charge on any atom is -0.462 e. The van der Waals surface area contributed by atoms with Crippen molar-refractivity contribution in [1.29, 1.82) is 0 Å². The normalized spacial score (nSPS) is 20.2. The van der Waals surface area contributed by atoms with Crippen LogP contribution in [0.4, 0.5) is 4.39 Å². The van der Waals surface area contributed by atoms with Gasteiger partial charge in [0.1, 0.15) is 12.8 Å². The van der Waals surface area contributed by atoms with Crippen LogP contribution < -0.4 is 0 Å². The molecule has 0 bridgehead atoms. The van der Waals surface area contributed by atoms with Gasteiger partial charge in [-0.2, -0.15) is 0 Å². The molecule has 0 radical (unpaired) electrons. The molecule has 1 saturated heterocycles. The van der Waals surface area contributed by atoms with Crippen molar-refractivity contribution < 1.29 is 13.9 Å². The maximum Gasteiger partial charge on any atom is 0.302 e. The van der Waals surface area contributed by atoms with Crippen molar-refractivity contribution in [3.63, 3.8) is 0 Å². The summed E-state index contributed by atoms with van der Waals surface area (Å²) in [6, 6.07) is 0. The van der Waals surface area contributed by atoms with Gasteiger partial charge in [0.15, 0.2) is 0 Å². The lowest BCUT2D eigenvalue weighted by atomic mass is 10.1. The molecule has 1 fully saturated rings. The van der Waals surface area contributed by atoms with E-state index in [1.165, 1.54) is 6.92 Å². The predicted octanol–water partition coefficient (Wildman–Crippen LogP) is 0.983.